The summed E-state index contributed by atoms with van der Waals surface area (Å²) in [5.74, 6) is -1.24. The zero-order valence-electron chi connectivity index (χ0n) is 16.3. The van der Waals surface area contributed by atoms with Crippen LogP contribution in [0.15, 0.2) is 58.8 Å². The van der Waals surface area contributed by atoms with E-state index in [-0.39, 0.29) is 11.3 Å². The van der Waals surface area contributed by atoms with Crippen LogP contribution in [0.4, 0.5) is 0 Å². The van der Waals surface area contributed by atoms with E-state index in [1.807, 2.05) is 53.2 Å². The molecule has 152 valence electrons. The van der Waals surface area contributed by atoms with E-state index in [2.05, 4.69) is 0 Å². The number of amides is 1. The predicted molar refractivity (Wildman–Crippen MR) is 120 cm³/mol. The molecule has 1 saturated heterocycles. The highest BCUT2D eigenvalue weighted by molar-refractivity contribution is 7.10. The van der Waals surface area contributed by atoms with E-state index >= 15 is 0 Å². The lowest BCUT2D eigenvalue weighted by Gasteiger charge is -2.23. The van der Waals surface area contributed by atoms with Gasteiger partial charge in [-0.15, -0.1) is 22.7 Å². The van der Waals surface area contributed by atoms with Gasteiger partial charge in [0.05, 0.1) is 12.1 Å². The maximum Gasteiger partial charge on any atom is 0.296 e. The van der Waals surface area contributed by atoms with Gasteiger partial charge < -0.3 is 10.0 Å². The summed E-state index contributed by atoms with van der Waals surface area (Å²) in [4.78, 5) is 29.5. The minimum Gasteiger partial charge on any atom is -0.507 e. The van der Waals surface area contributed by atoms with Crippen LogP contribution in [0.5, 0.6) is 0 Å². The van der Waals surface area contributed by atoms with Crippen LogP contribution in [-0.2, 0) is 29.0 Å². The predicted octanol–water partition coefficient (Wildman–Crippen LogP) is 5.31. The van der Waals surface area contributed by atoms with Gasteiger partial charge in [0, 0.05) is 15.3 Å². The second kappa shape index (κ2) is 7.85. The number of likely N-dealkylation sites (tertiary alicyclic amines) is 1. The first-order valence-corrected chi connectivity index (χ1v) is 11.9. The third kappa shape index (κ3) is 3.30. The molecule has 2 aromatic heterocycles. The third-order valence-electron chi connectivity index (χ3n) is 5.88. The van der Waals surface area contributed by atoms with E-state index in [1.54, 1.807) is 16.2 Å². The number of Topliss-reactive ketones (excluding diaryl/α,β-unsaturated/α-hetero) is 1. The van der Waals surface area contributed by atoms with Gasteiger partial charge >= 0.3 is 0 Å². The molecule has 1 amide bonds. The van der Waals surface area contributed by atoms with Crippen molar-refractivity contribution in [3.05, 3.63) is 85.2 Å². The van der Waals surface area contributed by atoms with Crippen LogP contribution in [-0.4, -0.2) is 21.7 Å². The number of aryl methyl sites for hydroxylation is 2. The average Bonchev–Trinajstić information content (AvgIpc) is 3.52. The summed E-state index contributed by atoms with van der Waals surface area (Å²) in [7, 11) is 0. The monoisotopic (exact) mass is 435 g/mol. The summed E-state index contributed by atoms with van der Waals surface area (Å²) in [5, 5.41) is 15.1. The van der Waals surface area contributed by atoms with Crippen LogP contribution in [0.1, 0.15) is 45.3 Å². The highest BCUT2D eigenvalue weighted by Gasteiger charge is 2.46. The molecule has 0 spiro atoms. The second-order valence-electron chi connectivity index (χ2n) is 7.71. The number of thiophene rings is 2. The first-order valence-electron chi connectivity index (χ1n) is 10.1. The Morgan fingerprint density at radius 1 is 1.00 bits per heavy atom. The Morgan fingerprint density at radius 3 is 2.50 bits per heavy atom. The van der Waals surface area contributed by atoms with Crippen molar-refractivity contribution >= 4 is 40.1 Å². The number of carbonyl (C=O) groups excluding carboxylic acids is 2. The lowest BCUT2D eigenvalue weighted by atomic mass is 9.89. The highest BCUT2D eigenvalue weighted by Crippen LogP contribution is 2.42. The van der Waals surface area contributed by atoms with E-state index < -0.39 is 17.7 Å². The Bertz CT molecular complexity index is 1130. The van der Waals surface area contributed by atoms with Gasteiger partial charge in [0.1, 0.15) is 11.8 Å². The highest BCUT2D eigenvalue weighted by atomic mass is 32.1. The van der Waals surface area contributed by atoms with Crippen molar-refractivity contribution in [2.45, 2.75) is 38.3 Å². The molecule has 1 aromatic carbocycles. The van der Waals surface area contributed by atoms with E-state index in [9.17, 15) is 14.7 Å². The Morgan fingerprint density at radius 2 is 1.77 bits per heavy atom. The van der Waals surface area contributed by atoms with Gasteiger partial charge in [-0.1, -0.05) is 24.3 Å². The maximum atomic E-state index is 13.1. The SMILES string of the molecule is O=C1C(=O)N(Cc2cccs2)C(c2cccs2)/C1=C(/O)c1ccc2c(c1)CCCC2. The molecule has 2 aliphatic rings. The Hall–Kier alpha value is -2.70. The van der Waals surface area contributed by atoms with Crippen molar-refractivity contribution in [3.63, 3.8) is 0 Å². The normalized spacial score (nSPS) is 20.5. The van der Waals surface area contributed by atoms with Crippen molar-refractivity contribution in [2.75, 3.05) is 0 Å². The van der Waals surface area contributed by atoms with Gasteiger partial charge in [-0.2, -0.15) is 0 Å². The number of hydrogen-bond donors (Lipinski definition) is 1. The first kappa shape index (κ1) is 19.3. The van der Waals surface area contributed by atoms with Crippen molar-refractivity contribution in [1.29, 1.82) is 0 Å². The molecule has 1 N–H and O–H groups in total. The first-order chi connectivity index (χ1) is 14.6. The zero-order valence-corrected chi connectivity index (χ0v) is 18.0. The molecule has 1 aliphatic carbocycles. The summed E-state index contributed by atoms with van der Waals surface area (Å²) in [6.07, 6.45) is 4.36. The number of hydrogen-bond acceptors (Lipinski definition) is 5. The smallest absolute Gasteiger partial charge is 0.296 e. The summed E-state index contributed by atoms with van der Waals surface area (Å²) >= 11 is 3.05. The molecule has 5 rings (SSSR count). The van der Waals surface area contributed by atoms with Gasteiger partial charge in [-0.05, 0) is 65.8 Å². The summed E-state index contributed by atoms with van der Waals surface area (Å²) in [6.45, 7) is 0.353. The number of ketones is 1. The number of benzene rings is 1. The Balaban J connectivity index is 1.61. The number of fused-ring (bicyclic) bond motifs is 1. The van der Waals surface area contributed by atoms with E-state index in [0.717, 1.165) is 29.0 Å². The second-order valence-corrected chi connectivity index (χ2v) is 9.72. The molecule has 0 saturated carbocycles. The van der Waals surface area contributed by atoms with Crippen LogP contribution in [0.2, 0.25) is 0 Å². The topological polar surface area (TPSA) is 57.6 Å². The van der Waals surface area contributed by atoms with Gasteiger partial charge in [0.2, 0.25) is 0 Å². The summed E-state index contributed by atoms with van der Waals surface area (Å²) < 4.78 is 0. The number of aliphatic hydroxyl groups excluding tert-OH is 1. The van der Waals surface area contributed by atoms with Crippen LogP contribution < -0.4 is 0 Å². The molecular formula is C24H21NO3S2. The van der Waals surface area contributed by atoms with E-state index in [0.29, 0.717) is 12.1 Å². The Labute approximate surface area is 183 Å². The lowest BCUT2D eigenvalue weighted by Crippen LogP contribution is -2.28. The van der Waals surface area contributed by atoms with E-state index in [4.69, 9.17) is 0 Å². The molecule has 1 aliphatic heterocycles. The molecule has 6 heteroatoms. The molecule has 1 unspecified atom stereocenters. The fourth-order valence-corrected chi connectivity index (χ4v) is 5.94. The van der Waals surface area contributed by atoms with Gasteiger partial charge in [-0.3, -0.25) is 9.59 Å². The molecule has 1 fully saturated rings. The Kier molecular flexibility index (Phi) is 5.05. The van der Waals surface area contributed by atoms with Crippen LogP contribution in [0, 0.1) is 0 Å². The molecule has 30 heavy (non-hydrogen) atoms. The minimum atomic E-state index is -0.611. The van der Waals surface area contributed by atoms with Crippen molar-refractivity contribution in [2.24, 2.45) is 0 Å². The summed E-state index contributed by atoms with van der Waals surface area (Å²) in [6, 6.07) is 13.1. The number of rotatable bonds is 4. The minimum absolute atomic E-state index is 0.0752. The lowest BCUT2D eigenvalue weighted by molar-refractivity contribution is -0.140. The molecule has 4 nitrogen and oxygen atoms in total. The number of nitrogens with zero attached hydrogens (tertiary/aromatic N) is 1. The molecule has 3 heterocycles. The number of aliphatic hydroxyl groups is 1. The standard InChI is InChI=1S/C24H21NO3S2/c26-22(17-10-9-15-5-1-2-6-16(15)13-17)20-21(19-8-4-12-30-19)25(24(28)23(20)27)14-18-7-3-11-29-18/h3-4,7-13,21,26H,1-2,5-6,14H2/b22-20-. The largest absolute Gasteiger partial charge is 0.507 e. The maximum absolute atomic E-state index is 13.1. The molecule has 1 atom stereocenters. The number of carbonyl (C=O) groups is 2. The van der Waals surface area contributed by atoms with Crippen LogP contribution in [0.25, 0.3) is 5.76 Å². The molecular weight excluding hydrogens is 414 g/mol. The zero-order chi connectivity index (χ0) is 20.7. The van der Waals surface area contributed by atoms with E-state index in [1.165, 1.54) is 28.9 Å². The molecule has 0 bridgehead atoms. The summed E-state index contributed by atoms with van der Waals surface area (Å²) in [5.41, 5.74) is 3.35. The van der Waals surface area contributed by atoms with Crippen molar-refractivity contribution in [3.8, 4) is 0 Å². The van der Waals surface area contributed by atoms with Gasteiger partial charge in [0.15, 0.2) is 0 Å². The third-order valence-corrected chi connectivity index (χ3v) is 7.67. The van der Waals surface area contributed by atoms with Crippen LogP contribution in [0.3, 0.4) is 0 Å². The molecule has 0 radical (unpaired) electrons. The van der Waals surface area contributed by atoms with Gasteiger partial charge in [-0.25, -0.2) is 0 Å². The van der Waals surface area contributed by atoms with Crippen molar-refractivity contribution < 1.29 is 14.7 Å². The van der Waals surface area contributed by atoms with Gasteiger partial charge in [0.25, 0.3) is 11.7 Å². The van der Waals surface area contributed by atoms with Crippen molar-refractivity contribution in [1.82, 2.24) is 4.90 Å². The average molecular weight is 436 g/mol. The fourth-order valence-electron chi connectivity index (χ4n) is 4.39. The quantitative estimate of drug-likeness (QED) is 0.343. The van der Waals surface area contributed by atoms with Crippen LogP contribution >= 0.6 is 22.7 Å². The fraction of sp³-hybridized carbons (Fsp3) is 0.250. The molecule has 3 aromatic rings.